The third kappa shape index (κ3) is 3.22. The Morgan fingerprint density at radius 2 is 2.13 bits per heavy atom. The number of nitrogens with zero attached hydrogens (tertiary/aromatic N) is 1. The van der Waals surface area contributed by atoms with E-state index in [9.17, 15) is 4.79 Å². The van der Waals surface area contributed by atoms with Crippen molar-refractivity contribution in [2.75, 3.05) is 5.43 Å². The number of halogens is 2. The number of carbonyl (C=O) groups is 1. The predicted octanol–water partition coefficient (Wildman–Crippen LogP) is 3.20. The Labute approximate surface area is 98.1 Å². The molecule has 0 bridgehead atoms. The Hall–Kier alpha value is -1.06. The predicted molar refractivity (Wildman–Crippen MR) is 63.8 cm³/mol. The summed E-state index contributed by atoms with van der Waals surface area (Å²) in [6, 6.07) is 5.36. The zero-order valence-electron chi connectivity index (χ0n) is 8.34. The Bertz CT molecular complexity index is 416. The van der Waals surface area contributed by atoms with E-state index in [1.807, 2.05) is 6.92 Å². The number of rotatable bonds is 3. The van der Waals surface area contributed by atoms with Crippen molar-refractivity contribution in [3.8, 4) is 0 Å². The molecular weight excluding hydrogens is 235 g/mol. The second kappa shape index (κ2) is 5.14. The Morgan fingerprint density at radius 1 is 1.47 bits per heavy atom. The normalized spacial score (nSPS) is 11.3. The first-order valence-electron chi connectivity index (χ1n) is 4.27. The van der Waals surface area contributed by atoms with Crippen LogP contribution in [0.2, 0.25) is 5.02 Å². The fraction of sp³-hybridized carbons (Fsp3) is 0.200. The Balaban J connectivity index is 2.87. The van der Waals surface area contributed by atoms with Crippen LogP contribution in [0.15, 0.2) is 23.3 Å². The number of anilines is 1. The number of Topliss-reactive ketones (excluding diaryl/α,β-unsaturated/α-hetero) is 1. The molecule has 1 rings (SSSR count). The van der Waals surface area contributed by atoms with E-state index in [1.54, 1.807) is 18.2 Å². The molecule has 80 valence electrons. The molecule has 0 heterocycles. The molecule has 1 aromatic carbocycles. The van der Waals surface area contributed by atoms with Crippen molar-refractivity contribution in [1.82, 2.24) is 0 Å². The number of hydrazone groups is 1. The quantitative estimate of drug-likeness (QED) is 0.656. The minimum atomic E-state index is -0.288. The van der Waals surface area contributed by atoms with Gasteiger partial charge >= 0.3 is 0 Å². The maximum absolute atomic E-state index is 10.8. The Morgan fingerprint density at radius 3 is 2.73 bits per heavy atom. The molecule has 0 radical (unpaired) electrons. The molecule has 0 aliphatic rings. The molecule has 0 aromatic heterocycles. The van der Waals surface area contributed by atoms with Crippen LogP contribution in [0.4, 0.5) is 5.69 Å². The summed E-state index contributed by atoms with van der Waals surface area (Å²) in [4.78, 5) is 10.8. The average Bonchev–Trinajstić information content (AvgIpc) is 2.19. The SMILES string of the molecule is CC(=O)/C(Cl)=N/Nc1cccc(Cl)c1C. The van der Waals surface area contributed by atoms with E-state index >= 15 is 0 Å². The van der Waals surface area contributed by atoms with Gasteiger partial charge in [0.15, 0.2) is 11.0 Å². The molecule has 0 aliphatic carbocycles. The summed E-state index contributed by atoms with van der Waals surface area (Å²) in [5.74, 6) is -0.288. The molecule has 0 saturated heterocycles. The van der Waals surface area contributed by atoms with Crippen molar-refractivity contribution in [2.24, 2.45) is 5.10 Å². The Kier molecular flexibility index (Phi) is 4.12. The first-order valence-corrected chi connectivity index (χ1v) is 5.03. The first-order chi connectivity index (χ1) is 7.02. The number of hydrogen-bond donors (Lipinski definition) is 1. The standard InChI is InChI=1S/C10H10Cl2N2O/c1-6-8(11)4-3-5-9(6)13-14-10(12)7(2)15/h3-5,13H,1-2H3/b14-10-. The van der Waals surface area contributed by atoms with E-state index < -0.39 is 0 Å². The maximum atomic E-state index is 10.8. The van der Waals surface area contributed by atoms with E-state index in [4.69, 9.17) is 23.2 Å². The van der Waals surface area contributed by atoms with Crippen LogP contribution in [0.1, 0.15) is 12.5 Å². The number of carbonyl (C=O) groups excluding carboxylic acids is 1. The molecule has 0 atom stereocenters. The van der Waals surface area contributed by atoms with Crippen LogP contribution >= 0.6 is 23.2 Å². The lowest BCUT2D eigenvalue weighted by Gasteiger charge is -2.05. The first kappa shape index (κ1) is 12.0. The van der Waals surface area contributed by atoms with E-state index in [1.165, 1.54) is 6.92 Å². The summed E-state index contributed by atoms with van der Waals surface area (Å²) in [6.07, 6.45) is 0. The molecule has 15 heavy (non-hydrogen) atoms. The van der Waals surface area contributed by atoms with Gasteiger partial charge in [-0.15, -0.1) is 0 Å². The van der Waals surface area contributed by atoms with Crippen molar-refractivity contribution in [3.63, 3.8) is 0 Å². The van der Waals surface area contributed by atoms with Crippen molar-refractivity contribution < 1.29 is 4.79 Å². The third-order valence-electron chi connectivity index (χ3n) is 1.83. The summed E-state index contributed by atoms with van der Waals surface area (Å²) in [7, 11) is 0. The lowest BCUT2D eigenvalue weighted by molar-refractivity contribution is -0.110. The maximum Gasteiger partial charge on any atom is 0.191 e. The third-order valence-corrected chi connectivity index (χ3v) is 2.59. The van der Waals surface area contributed by atoms with Crippen LogP contribution in [0.3, 0.4) is 0 Å². The number of hydrogen-bond acceptors (Lipinski definition) is 3. The second-order valence-electron chi connectivity index (χ2n) is 2.98. The van der Waals surface area contributed by atoms with Crippen LogP contribution in [0.25, 0.3) is 0 Å². The van der Waals surface area contributed by atoms with Crippen LogP contribution in [0, 0.1) is 6.92 Å². The molecule has 3 nitrogen and oxygen atoms in total. The monoisotopic (exact) mass is 244 g/mol. The van der Waals surface area contributed by atoms with Gasteiger partial charge in [0, 0.05) is 11.9 Å². The van der Waals surface area contributed by atoms with Crippen molar-refractivity contribution >= 4 is 39.8 Å². The van der Waals surface area contributed by atoms with Gasteiger partial charge in [-0.05, 0) is 24.6 Å². The number of benzene rings is 1. The molecule has 0 saturated carbocycles. The van der Waals surface area contributed by atoms with Crippen molar-refractivity contribution in [2.45, 2.75) is 13.8 Å². The zero-order valence-corrected chi connectivity index (χ0v) is 9.86. The topological polar surface area (TPSA) is 41.5 Å². The molecule has 0 amide bonds. The summed E-state index contributed by atoms with van der Waals surface area (Å²) in [6.45, 7) is 3.19. The van der Waals surface area contributed by atoms with Gasteiger partial charge in [0.05, 0.1) is 5.69 Å². The molecule has 0 spiro atoms. The minimum absolute atomic E-state index is 0.0885. The zero-order chi connectivity index (χ0) is 11.4. The number of nitrogens with one attached hydrogen (secondary N) is 1. The van der Waals surface area contributed by atoms with E-state index in [0.29, 0.717) is 5.02 Å². The van der Waals surface area contributed by atoms with Gasteiger partial charge in [0.25, 0.3) is 0 Å². The molecule has 1 aromatic rings. The van der Waals surface area contributed by atoms with Gasteiger partial charge in [-0.3, -0.25) is 10.2 Å². The van der Waals surface area contributed by atoms with Gasteiger partial charge in [-0.1, -0.05) is 29.3 Å². The van der Waals surface area contributed by atoms with E-state index in [2.05, 4.69) is 10.5 Å². The molecular formula is C10H10Cl2N2O. The molecule has 0 unspecified atom stereocenters. The summed E-state index contributed by atoms with van der Waals surface area (Å²) >= 11 is 11.5. The van der Waals surface area contributed by atoms with Crippen LogP contribution in [-0.4, -0.2) is 11.0 Å². The van der Waals surface area contributed by atoms with E-state index in [-0.39, 0.29) is 11.0 Å². The van der Waals surface area contributed by atoms with Gasteiger partial charge in [0.2, 0.25) is 0 Å². The molecule has 0 fully saturated rings. The van der Waals surface area contributed by atoms with Crippen molar-refractivity contribution in [1.29, 1.82) is 0 Å². The molecule has 1 N–H and O–H groups in total. The summed E-state index contributed by atoms with van der Waals surface area (Å²) in [5.41, 5.74) is 4.27. The average molecular weight is 245 g/mol. The van der Waals surface area contributed by atoms with Gasteiger partial charge in [-0.2, -0.15) is 5.10 Å². The largest absolute Gasteiger partial charge is 0.292 e. The smallest absolute Gasteiger partial charge is 0.191 e. The van der Waals surface area contributed by atoms with Gasteiger partial charge in [-0.25, -0.2) is 0 Å². The van der Waals surface area contributed by atoms with Crippen LogP contribution in [-0.2, 0) is 4.79 Å². The summed E-state index contributed by atoms with van der Waals surface area (Å²) < 4.78 is 0. The van der Waals surface area contributed by atoms with E-state index in [0.717, 1.165) is 11.3 Å². The highest BCUT2D eigenvalue weighted by Crippen LogP contribution is 2.22. The highest BCUT2D eigenvalue weighted by atomic mass is 35.5. The fourth-order valence-electron chi connectivity index (χ4n) is 0.917. The lowest BCUT2D eigenvalue weighted by atomic mass is 10.2. The second-order valence-corrected chi connectivity index (χ2v) is 3.75. The van der Waals surface area contributed by atoms with Gasteiger partial charge < -0.3 is 0 Å². The van der Waals surface area contributed by atoms with Crippen LogP contribution < -0.4 is 5.43 Å². The summed E-state index contributed by atoms with van der Waals surface area (Å²) in [5, 5.41) is 4.26. The number of ketones is 1. The van der Waals surface area contributed by atoms with Crippen molar-refractivity contribution in [3.05, 3.63) is 28.8 Å². The van der Waals surface area contributed by atoms with Crippen LogP contribution in [0.5, 0.6) is 0 Å². The highest BCUT2D eigenvalue weighted by molar-refractivity contribution is 6.82. The molecule has 0 aliphatic heterocycles. The highest BCUT2D eigenvalue weighted by Gasteiger charge is 2.03. The van der Waals surface area contributed by atoms with Gasteiger partial charge in [0.1, 0.15) is 0 Å². The molecule has 5 heteroatoms. The minimum Gasteiger partial charge on any atom is -0.292 e. The fourth-order valence-corrected chi connectivity index (χ4v) is 1.13. The lowest BCUT2D eigenvalue weighted by Crippen LogP contribution is -2.05.